The molecular weight excluding hydrogens is 94.0 g/mol. The van der Waals surface area contributed by atoms with Crippen LogP contribution in [0.25, 0.3) is 0 Å². The molecule has 0 aliphatic carbocycles. The number of hydrogen-bond donors (Lipinski definition) is 1. The molecule has 1 aliphatic rings. The molecule has 0 aromatic heterocycles. The molecule has 0 spiro atoms. The van der Waals surface area contributed by atoms with Gasteiger partial charge >= 0.3 is 0 Å². The van der Waals surface area contributed by atoms with Crippen molar-refractivity contribution in [3.8, 4) is 0 Å². The van der Waals surface area contributed by atoms with Gasteiger partial charge in [0, 0.05) is 6.54 Å². The highest BCUT2D eigenvalue weighted by Gasteiger charge is 2.14. The predicted octanol–water partition coefficient (Wildman–Crippen LogP) is -0.290. The second-order valence-electron chi connectivity index (χ2n) is 1.71. The van der Waals surface area contributed by atoms with Gasteiger partial charge in [-0.15, -0.1) is 0 Å². The van der Waals surface area contributed by atoms with E-state index >= 15 is 0 Å². The molecule has 3 heteroatoms. The minimum Gasteiger partial charge on any atom is -0.314 e. The molecule has 1 aliphatic heterocycles. The summed E-state index contributed by atoms with van der Waals surface area (Å²) in [4.78, 5) is 3.80. The van der Waals surface area contributed by atoms with Crippen molar-refractivity contribution < 1.29 is 10.1 Å². The molecule has 0 aromatic rings. The molecule has 1 atom stereocenters. The van der Waals surface area contributed by atoms with Crippen LogP contribution >= 0.6 is 0 Å². The standard InChI is InChI=1S/C4H8NO2/c6-7-4-1-2-5-3-4/h4-5H,1-3H2. The third kappa shape index (κ3) is 1.12. The van der Waals surface area contributed by atoms with Crippen molar-refractivity contribution in [3.05, 3.63) is 0 Å². The van der Waals surface area contributed by atoms with Crippen LogP contribution in [-0.2, 0) is 10.1 Å². The van der Waals surface area contributed by atoms with Crippen LogP contribution in [0.1, 0.15) is 6.42 Å². The molecule has 7 heavy (non-hydrogen) atoms. The van der Waals surface area contributed by atoms with Gasteiger partial charge in [0.25, 0.3) is 0 Å². The summed E-state index contributed by atoms with van der Waals surface area (Å²) in [6, 6.07) is 0. The summed E-state index contributed by atoms with van der Waals surface area (Å²) in [7, 11) is 0. The molecule has 1 fully saturated rings. The fraction of sp³-hybridized carbons (Fsp3) is 1.00. The van der Waals surface area contributed by atoms with Crippen LogP contribution in [0.2, 0.25) is 0 Å². The van der Waals surface area contributed by atoms with Crippen molar-refractivity contribution in [2.45, 2.75) is 12.5 Å². The van der Waals surface area contributed by atoms with Gasteiger partial charge in [-0.2, -0.15) is 4.89 Å². The number of nitrogens with one attached hydrogen (secondary N) is 1. The molecule has 0 aromatic carbocycles. The van der Waals surface area contributed by atoms with Gasteiger partial charge in [0.05, 0.1) is 0 Å². The van der Waals surface area contributed by atoms with Crippen LogP contribution in [-0.4, -0.2) is 19.2 Å². The van der Waals surface area contributed by atoms with Crippen molar-refractivity contribution in [2.24, 2.45) is 0 Å². The van der Waals surface area contributed by atoms with E-state index in [1.807, 2.05) is 0 Å². The summed E-state index contributed by atoms with van der Waals surface area (Å²) < 4.78 is 0. The summed E-state index contributed by atoms with van der Waals surface area (Å²) in [5.74, 6) is 0. The largest absolute Gasteiger partial charge is 0.314 e. The first-order valence-electron chi connectivity index (χ1n) is 2.43. The van der Waals surface area contributed by atoms with E-state index in [1.54, 1.807) is 0 Å². The zero-order chi connectivity index (χ0) is 5.11. The van der Waals surface area contributed by atoms with E-state index in [4.69, 9.17) is 0 Å². The molecule has 1 saturated heterocycles. The lowest BCUT2D eigenvalue weighted by molar-refractivity contribution is -0.330. The van der Waals surface area contributed by atoms with Gasteiger partial charge in [-0.25, -0.2) is 0 Å². The molecular formula is C4H8NO2. The Morgan fingerprint density at radius 3 is 2.86 bits per heavy atom. The minimum atomic E-state index is -0.0694. The summed E-state index contributed by atoms with van der Waals surface area (Å²) in [6.07, 6.45) is 0.795. The molecule has 3 nitrogen and oxygen atoms in total. The molecule has 1 rings (SSSR count). The zero-order valence-corrected chi connectivity index (χ0v) is 4.02. The Morgan fingerprint density at radius 1 is 1.71 bits per heavy atom. The molecule has 1 heterocycles. The van der Waals surface area contributed by atoms with Crippen molar-refractivity contribution in [1.29, 1.82) is 0 Å². The second kappa shape index (κ2) is 2.26. The van der Waals surface area contributed by atoms with Gasteiger partial charge in [0.2, 0.25) is 0 Å². The van der Waals surface area contributed by atoms with Gasteiger partial charge in [-0.3, -0.25) is 0 Å². The third-order valence-corrected chi connectivity index (χ3v) is 1.15. The lowest BCUT2D eigenvalue weighted by Crippen LogP contribution is -2.13. The van der Waals surface area contributed by atoms with E-state index in [9.17, 15) is 5.26 Å². The lowest BCUT2D eigenvalue weighted by Gasteiger charge is -1.95. The van der Waals surface area contributed by atoms with Gasteiger partial charge < -0.3 is 5.32 Å². The first-order valence-corrected chi connectivity index (χ1v) is 2.43. The molecule has 0 amide bonds. The zero-order valence-electron chi connectivity index (χ0n) is 4.02. The normalized spacial score (nSPS) is 31.3. The highest BCUT2D eigenvalue weighted by atomic mass is 17.1. The van der Waals surface area contributed by atoms with Crippen molar-refractivity contribution >= 4 is 0 Å². The third-order valence-electron chi connectivity index (χ3n) is 1.15. The lowest BCUT2D eigenvalue weighted by atomic mass is 10.3. The maximum atomic E-state index is 9.59. The number of hydrogen-bond acceptors (Lipinski definition) is 2. The average Bonchev–Trinajstić information content (AvgIpc) is 2.14. The van der Waals surface area contributed by atoms with Gasteiger partial charge in [0.15, 0.2) is 0 Å². The van der Waals surface area contributed by atoms with E-state index in [0.29, 0.717) is 0 Å². The van der Waals surface area contributed by atoms with E-state index in [0.717, 1.165) is 19.5 Å². The highest BCUT2D eigenvalue weighted by Crippen LogP contribution is 1.99. The van der Waals surface area contributed by atoms with E-state index in [1.165, 1.54) is 0 Å². The Labute approximate surface area is 42.2 Å². The fourth-order valence-corrected chi connectivity index (χ4v) is 0.710. The Balaban J connectivity index is 2.14. The summed E-state index contributed by atoms with van der Waals surface area (Å²) in [6.45, 7) is 1.65. The van der Waals surface area contributed by atoms with Gasteiger partial charge in [-0.05, 0) is 18.2 Å². The molecule has 1 N–H and O–H groups in total. The van der Waals surface area contributed by atoms with Crippen LogP contribution in [0.15, 0.2) is 0 Å². The van der Waals surface area contributed by atoms with Crippen molar-refractivity contribution in [1.82, 2.24) is 5.32 Å². The molecule has 1 unspecified atom stereocenters. The van der Waals surface area contributed by atoms with Crippen LogP contribution < -0.4 is 5.32 Å². The van der Waals surface area contributed by atoms with Crippen LogP contribution in [0.3, 0.4) is 0 Å². The Bertz CT molecular complexity index is 51.7. The van der Waals surface area contributed by atoms with Crippen LogP contribution in [0.5, 0.6) is 0 Å². The quantitative estimate of drug-likeness (QED) is 0.365. The maximum Gasteiger partial charge on any atom is 0.110 e. The van der Waals surface area contributed by atoms with Crippen LogP contribution in [0.4, 0.5) is 0 Å². The monoisotopic (exact) mass is 102 g/mol. The summed E-state index contributed by atoms with van der Waals surface area (Å²) in [5.41, 5.74) is 0. The average molecular weight is 102 g/mol. The summed E-state index contributed by atoms with van der Waals surface area (Å²) >= 11 is 0. The van der Waals surface area contributed by atoms with Gasteiger partial charge in [-0.1, -0.05) is 0 Å². The molecule has 1 radical (unpaired) electrons. The van der Waals surface area contributed by atoms with Crippen molar-refractivity contribution in [3.63, 3.8) is 0 Å². The molecule has 41 valence electrons. The molecule has 0 bridgehead atoms. The highest BCUT2D eigenvalue weighted by molar-refractivity contribution is 4.68. The van der Waals surface area contributed by atoms with Crippen LogP contribution in [0, 0.1) is 0 Å². The maximum absolute atomic E-state index is 9.59. The predicted molar refractivity (Wildman–Crippen MR) is 23.0 cm³/mol. The fourth-order valence-electron chi connectivity index (χ4n) is 0.710. The summed E-state index contributed by atoms with van der Waals surface area (Å²) in [5, 5.41) is 12.6. The number of rotatable bonds is 1. The Morgan fingerprint density at radius 2 is 2.57 bits per heavy atom. The minimum absolute atomic E-state index is 0.0694. The van der Waals surface area contributed by atoms with E-state index in [2.05, 4.69) is 10.2 Å². The van der Waals surface area contributed by atoms with E-state index in [-0.39, 0.29) is 6.10 Å². The SMILES string of the molecule is [O]OC1CCNC1. The topological polar surface area (TPSA) is 41.2 Å². The first kappa shape index (κ1) is 5.03. The Hall–Kier alpha value is -0.120. The molecule has 0 saturated carbocycles. The van der Waals surface area contributed by atoms with E-state index < -0.39 is 0 Å². The first-order chi connectivity index (χ1) is 3.43. The second-order valence-corrected chi connectivity index (χ2v) is 1.71. The van der Waals surface area contributed by atoms with Crippen molar-refractivity contribution in [2.75, 3.05) is 13.1 Å². The Kier molecular flexibility index (Phi) is 1.62. The smallest absolute Gasteiger partial charge is 0.110 e. The van der Waals surface area contributed by atoms with Gasteiger partial charge in [0.1, 0.15) is 6.10 Å².